The van der Waals surface area contributed by atoms with Gasteiger partial charge in [0.2, 0.25) is 0 Å². The van der Waals surface area contributed by atoms with Gasteiger partial charge in [-0.2, -0.15) is 0 Å². The van der Waals surface area contributed by atoms with Crippen molar-refractivity contribution in [2.24, 2.45) is 5.73 Å². The molecule has 1 aliphatic rings. The number of nitrogens with two attached hydrogens (primary N) is 1. The molecule has 0 bridgehead atoms. The zero-order valence-corrected chi connectivity index (χ0v) is 11.9. The highest BCUT2D eigenvalue weighted by Crippen LogP contribution is 2.17. The van der Waals surface area contributed by atoms with Crippen molar-refractivity contribution in [3.05, 3.63) is 35.1 Å². The Kier molecular flexibility index (Phi) is 4.91. The van der Waals surface area contributed by atoms with Crippen LogP contribution in [0.2, 0.25) is 0 Å². The predicted molar refractivity (Wildman–Crippen MR) is 76.3 cm³/mol. The van der Waals surface area contributed by atoms with E-state index in [0.29, 0.717) is 12.6 Å². The molecular weight excluding hydrogens is 241 g/mol. The number of likely N-dealkylation sites (N-methyl/N-ethyl adjacent to an activating group) is 1. The fourth-order valence-corrected chi connectivity index (χ4v) is 2.78. The number of nitrogens with zero attached hydrogens (tertiary/aromatic N) is 2. The van der Waals surface area contributed by atoms with Crippen molar-refractivity contribution in [3.63, 3.8) is 0 Å². The molecule has 0 spiro atoms. The standard InChI is InChI=1S/C15H24FN3/c1-3-15-11-19(7-6-18(15)2)10-13-8-14(16)5-4-12(13)9-17/h4-5,8,15H,3,6-7,9-11,17H2,1-2H3. The van der Waals surface area contributed by atoms with Crippen LogP contribution in [0.25, 0.3) is 0 Å². The van der Waals surface area contributed by atoms with E-state index in [9.17, 15) is 4.39 Å². The Morgan fingerprint density at radius 3 is 2.79 bits per heavy atom. The minimum absolute atomic E-state index is 0.173. The Hall–Kier alpha value is -0.970. The average Bonchev–Trinajstić information content (AvgIpc) is 2.41. The second-order valence-corrected chi connectivity index (χ2v) is 5.39. The summed E-state index contributed by atoms with van der Waals surface area (Å²) in [6.45, 7) is 6.65. The van der Waals surface area contributed by atoms with E-state index in [-0.39, 0.29) is 5.82 Å². The zero-order chi connectivity index (χ0) is 13.8. The molecule has 0 aromatic heterocycles. The van der Waals surface area contributed by atoms with Gasteiger partial charge in [-0.1, -0.05) is 13.0 Å². The number of halogens is 1. The molecule has 1 heterocycles. The monoisotopic (exact) mass is 265 g/mol. The van der Waals surface area contributed by atoms with Crippen LogP contribution < -0.4 is 5.73 Å². The van der Waals surface area contributed by atoms with Crippen LogP contribution in [0.5, 0.6) is 0 Å². The van der Waals surface area contributed by atoms with Gasteiger partial charge in [-0.15, -0.1) is 0 Å². The van der Waals surface area contributed by atoms with E-state index in [1.807, 2.05) is 0 Å². The van der Waals surface area contributed by atoms with Crippen molar-refractivity contribution in [3.8, 4) is 0 Å². The molecule has 1 unspecified atom stereocenters. The largest absolute Gasteiger partial charge is 0.326 e. The molecule has 1 atom stereocenters. The topological polar surface area (TPSA) is 32.5 Å². The molecule has 0 amide bonds. The molecule has 1 aromatic rings. The first-order chi connectivity index (χ1) is 9.13. The lowest BCUT2D eigenvalue weighted by atomic mass is 10.0. The minimum atomic E-state index is -0.173. The van der Waals surface area contributed by atoms with Gasteiger partial charge in [0.05, 0.1) is 0 Å². The number of benzene rings is 1. The molecule has 1 aliphatic heterocycles. The first kappa shape index (κ1) is 14.4. The van der Waals surface area contributed by atoms with E-state index in [4.69, 9.17) is 5.73 Å². The Bertz CT molecular complexity index is 422. The van der Waals surface area contributed by atoms with Gasteiger partial charge < -0.3 is 10.6 Å². The predicted octanol–water partition coefficient (Wildman–Crippen LogP) is 1.81. The van der Waals surface area contributed by atoms with Crippen LogP contribution in [-0.2, 0) is 13.1 Å². The van der Waals surface area contributed by atoms with Crippen LogP contribution in [-0.4, -0.2) is 42.5 Å². The Morgan fingerprint density at radius 1 is 1.32 bits per heavy atom. The van der Waals surface area contributed by atoms with Gasteiger partial charge in [-0.05, 0) is 36.7 Å². The summed E-state index contributed by atoms with van der Waals surface area (Å²) >= 11 is 0. The van der Waals surface area contributed by atoms with Crippen LogP contribution in [0.3, 0.4) is 0 Å². The van der Waals surface area contributed by atoms with Crippen molar-refractivity contribution in [1.29, 1.82) is 0 Å². The Morgan fingerprint density at radius 2 is 2.11 bits per heavy atom. The van der Waals surface area contributed by atoms with Gasteiger partial charge >= 0.3 is 0 Å². The van der Waals surface area contributed by atoms with Crippen molar-refractivity contribution in [2.75, 3.05) is 26.7 Å². The first-order valence-corrected chi connectivity index (χ1v) is 7.04. The van der Waals surface area contributed by atoms with Crippen molar-refractivity contribution >= 4 is 0 Å². The summed E-state index contributed by atoms with van der Waals surface area (Å²) in [5.74, 6) is -0.173. The van der Waals surface area contributed by atoms with E-state index in [2.05, 4.69) is 23.8 Å². The SMILES string of the molecule is CCC1CN(Cc2cc(F)ccc2CN)CCN1C. The van der Waals surface area contributed by atoms with Crippen LogP contribution in [0, 0.1) is 5.82 Å². The minimum Gasteiger partial charge on any atom is -0.326 e. The molecular formula is C15H24FN3. The molecule has 2 N–H and O–H groups in total. The Labute approximate surface area is 115 Å². The summed E-state index contributed by atoms with van der Waals surface area (Å²) in [5, 5.41) is 0. The Balaban J connectivity index is 2.06. The molecule has 1 aromatic carbocycles. The van der Waals surface area contributed by atoms with Gasteiger partial charge in [0.1, 0.15) is 5.82 Å². The molecule has 0 aliphatic carbocycles. The smallest absolute Gasteiger partial charge is 0.123 e. The molecule has 106 valence electrons. The van der Waals surface area contributed by atoms with Crippen LogP contribution in [0.4, 0.5) is 4.39 Å². The normalized spacial score (nSPS) is 21.8. The summed E-state index contributed by atoms with van der Waals surface area (Å²) < 4.78 is 13.4. The molecule has 1 saturated heterocycles. The van der Waals surface area contributed by atoms with Crippen LogP contribution >= 0.6 is 0 Å². The first-order valence-electron chi connectivity index (χ1n) is 7.04. The third-order valence-corrected chi connectivity index (χ3v) is 4.11. The maximum atomic E-state index is 13.4. The van der Waals surface area contributed by atoms with Crippen molar-refractivity contribution in [1.82, 2.24) is 9.80 Å². The molecule has 0 radical (unpaired) electrons. The van der Waals surface area contributed by atoms with E-state index in [0.717, 1.165) is 43.7 Å². The quantitative estimate of drug-likeness (QED) is 0.901. The summed E-state index contributed by atoms with van der Waals surface area (Å²) in [6, 6.07) is 5.52. The third-order valence-electron chi connectivity index (χ3n) is 4.11. The third kappa shape index (κ3) is 3.53. The van der Waals surface area contributed by atoms with Gasteiger partial charge in [-0.25, -0.2) is 4.39 Å². The zero-order valence-electron chi connectivity index (χ0n) is 11.9. The van der Waals surface area contributed by atoms with Crippen molar-refractivity contribution < 1.29 is 4.39 Å². The maximum absolute atomic E-state index is 13.4. The number of hydrogen-bond donors (Lipinski definition) is 1. The van der Waals surface area contributed by atoms with Gasteiger partial charge in [0.15, 0.2) is 0 Å². The highest BCUT2D eigenvalue weighted by molar-refractivity contribution is 5.27. The van der Waals surface area contributed by atoms with Gasteiger partial charge in [-0.3, -0.25) is 4.90 Å². The molecule has 0 saturated carbocycles. The summed E-state index contributed by atoms with van der Waals surface area (Å²) in [7, 11) is 2.18. The second-order valence-electron chi connectivity index (χ2n) is 5.39. The van der Waals surface area contributed by atoms with E-state index in [1.54, 1.807) is 12.1 Å². The summed E-state index contributed by atoms with van der Waals surface area (Å²) in [4.78, 5) is 4.81. The highest BCUT2D eigenvalue weighted by atomic mass is 19.1. The average molecular weight is 265 g/mol. The lowest BCUT2D eigenvalue weighted by molar-refractivity contribution is 0.0881. The number of hydrogen-bond acceptors (Lipinski definition) is 3. The summed E-state index contributed by atoms with van der Waals surface area (Å²) in [6.07, 6.45) is 1.15. The maximum Gasteiger partial charge on any atom is 0.123 e. The summed E-state index contributed by atoms with van der Waals surface area (Å²) in [5.41, 5.74) is 7.81. The highest BCUT2D eigenvalue weighted by Gasteiger charge is 2.23. The van der Waals surface area contributed by atoms with E-state index < -0.39 is 0 Å². The fourth-order valence-electron chi connectivity index (χ4n) is 2.78. The molecule has 3 nitrogen and oxygen atoms in total. The van der Waals surface area contributed by atoms with Gasteiger partial charge in [0, 0.05) is 38.8 Å². The molecule has 4 heteroatoms. The van der Waals surface area contributed by atoms with Crippen molar-refractivity contribution in [2.45, 2.75) is 32.5 Å². The number of piperazine rings is 1. The van der Waals surface area contributed by atoms with Gasteiger partial charge in [0.25, 0.3) is 0 Å². The van der Waals surface area contributed by atoms with Crippen LogP contribution in [0.1, 0.15) is 24.5 Å². The molecule has 1 fully saturated rings. The number of rotatable bonds is 4. The van der Waals surface area contributed by atoms with E-state index in [1.165, 1.54) is 6.07 Å². The molecule has 2 rings (SSSR count). The molecule has 19 heavy (non-hydrogen) atoms. The fraction of sp³-hybridized carbons (Fsp3) is 0.600. The van der Waals surface area contributed by atoms with Crippen LogP contribution in [0.15, 0.2) is 18.2 Å². The lowest BCUT2D eigenvalue weighted by Crippen LogP contribution is -2.50. The second kappa shape index (κ2) is 6.46. The van der Waals surface area contributed by atoms with E-state index >= 15 is 0 Å². The lowest BCUT2D eigenvalue weighted by Gasteiger charge is -2.39.